The lowest BCUT2D eigenvalue weighted by Crippen LogP contribution is -2.39. The third-order valence-corrected chi connectivity index (χ3v) is 6.27. The van der Waals surface area contributed by atoms with E-state index in [9.17, 15) is 19.7 Å². The Morgan fingerprint density at radius 2 is 1.97 bits per heavy atom. The number of hydrogen-bond donors (Lipinski definition) is 0. The average molecular weight is 464 g/mol. The first-order valence-corrected chi connectivity index (χ1v) is 11.1. The number of nitrogens with zero attached hydrogens (tertiary/aromatic N) is 3. The first-order chi connectivity index (χ1) is 15.8. The van der Waals surface area contributed by atoms with Crippen LogP contribution < -0.4 is 14.9 Å². The Morgan fingerprint density at radius 3 is 2.64 bits per heavy atom. The molecule has 1 aliphatic heterocycles. The minimum atomic E-state index is -0.687. The Bertz CT molecular complexity index is 1460. The van der Waals surface area contributed by atoms with Gasteiger partial charge in [-0.15, -0.1) is 0 Å². The SMILES string of the molecule is CCOC(=O)C1=C(C)N=c2s/c(=C\c3cccc([N+](=O)[O-])c3)c(=O)n2[C@H]1c1ccc(C)cc1. The molecule has 4 rings (SSSR count). The van der Waals surface area contributed by atoms with Gasteiger partial charge in [0, 0.05) is 12.1 Å². The van der Waals surface area contributed by atoms with E-state index in [1.165, 1.54) is 28.0 Å². The third-order valence-electron chi connectivity index (χ3n) is 5.29. The minimum Gasteiger partial charge on any atom is -0.463 e. The standard InChI is InChI=1S/C24H21N3O5S/c1-4-32-23(29)20-15(3)25-24-26(21(20)17-10-8-14(2)9-11-17)22(28)19(33-24)13-16-6-5-7-18(12-16)27(30)31/h5-13,21H,4H2,1-3H3/b19-13-/t21-/m0/s1. The highest BCUT2D eigenvalue weighted by Gasteiger charge is 2.33. The van der Waals surface area contributed by atoms with Crippen LogP contribution in [0.15, 0.2) is 69.6 Å². The van der Waals surface area contributed by atoms with Crippen molar-refractivity contribution in [2.24, 2.45) is 4.99 Å². The number of hydrogen-bond acceptors (Lipinski definition) is 7. The molecule has 8 nitrogen and oxygen atoms in total. The second-order valence-electron chi connectivity index (χ2n) is 7.57. The van der Waals surface area contributed by atoms with Gasteiger partial charge in [0.1, 0.15) is 0 Å². The summed E-state index contributed by atoms with van der Waals surface area (Å²) in [5.41, 5.74) is 2.76. The lowest BCUT2D eigenvalue weighted by molar-refractivity contribution is -0.384. The molecule has 9 heteroatoms. The Morgan fingerprint density at radius 1 is 1.24 bits per heavy atom. The van der Waals surface area contributed by atoms with Crippen LogP contribution in [0.5, 0.6) is 0 Å². The number of fused-ring (bicyclic) bond motifs is 1. The number of carbonyl (C=O) groups is 1. The molecule has 2 heterocycles. The number of nitro benzene ring substituents is 1. The van der Waals surface area contributed by atoms with Crippen molar-refractivity contribution in [1.29, 1.82) is 0 Å². The molecule has 2 aromatic carbocycles. The van der Waals surface area contributed by atoms with Crippen LogP contribution in [0.1, 0.15) is 36.6 Å². The molecule has 0 saturated heterocycles. The van der Waals surface area contributed by atoms with Gasteiger partial charge >= 0.3 is 5.97 Å². The summed E-state index contributed by atoms with van der Waals surface area (Å²) in [5.74, 6) is -0.516. The molecular formula is C24H21N3O5S. The number of benzene rings is 2. The molecule has 3 aromatic rings. The van der Waals surface area contributed by atoms with Crippen LogP contribution in [0.25, 0.3) is 6.08 Å². The molecule has 33 heavy (non-hydrogen) atoms. The van der Waals surface area contributed by atoms with Gasteiger partial charge in [0.2, 0.25) is 0 Å². The lowest BCUT2D eigenvalue weighted by atomic mass is 9.95. The number of esters is 1. The van der Waals surface area contributed by atoms with E-state index in [1.807, 2.05) is 31.2 Å². The Balaban J connectivity index is 1.94. The van der Waals surface area contributed by atoms with Crippen LogP contribution in [0.2, 0.25) is 0 Å². The van der Waals surface area contributed by atoms with E-state index in [0.717, 1.165) is 11.1 Å². The van der Waals surface area contributed by atoms with Crippen LogP contribution in [0.4, 0.5) is 5.69 Å². The maximum Gasteiger partial charge on any atom is 0.338 e. The zero-order valence-electron chi connectivity index (χ0n) is 18.3. The van der Waals surface area contributed by atoms with E-state index in [1.54, 1.807) is 32.1 Å². The second-order valence-corrected chi connectivity index (χ2v) is 8.57. The number of ether oxygens (including phenoxy) is 1. The number of carbonyl (C=O) groups excluding carboxylic acids is 1. The van der Waals surface area contributed by atoms with E-state index in [0.29, 0.717) is 26.2 Å². The average Bonchev–Trinajstić information content (AvgIpc) is 3.08. The third kappa shape index (κ3) is 4.27. The van der Waals surface area contributed by atoms with E-state index in [-0.39, 0.29) is 17.9 Å². The lowest BCUT2D eigenvalue weighted by Gasteiger charge is -2.24. The summed E-state index contributed by atoms with van der Waals surface area (Å²) in [5, 5.41) is 11.1. The van der Waals surface area contributed by atoms with Gasteiger partial charge in [-0.05, 0) is 38.0 Å². The van der Waals surface area contributed by atoms with E-state index in [2.05, 4.69) is 4.99 Å². The topological polar surface area (TPSA) is 104 Å². The number of aromatic nitrogens is 1. The van der Waals surface area contributed by atoms with Crippen molar-refractivity contribution in [3.63, 3.8) is 0 Å². The van der Waals surface area contributed by atoms with Gasteiger partial charge in [-0.3, -0.25) is 19.5 Å². The normalized spacial score (nSPS) is 15.7. The highest BCUT2D eigenvalue weighted by molar-refractivity contribution is 7.07. The fourth-order valence-corrected chi connectivity index (χ4v) is 4.78. The summed E-state index contributed by atoms with van der Waals surface area (Å²) < 4.78 is 7.14. The van der Waals surface area contributed by atoms with Gasteiger partial charge in [-0.25, -0.2) is 9.79 Å². The van der Waals surface area contributed by atoms with E-state index >= 15 is 0 Å². The van der Waals surface area contributed by atoms with Crippen LogP contribution in [0, 0.1) is 17.0 Å². The van der Waals surface area contributed by atoms with Gasteiger partial charge < -0.3 is 4.74 Å². The number of thiazole rings is 1. The predicted octanol–water partition coefficient (Wildman–Crippen LogP) is 3.01. The highest BCUT2D eigenvalue weighted by Crippen LogP contribution is 2.30. The maximum absolute atomic E-state index is 13.5. The molecular weight excluding hydrogens is 442 g/mol. The van der Waals surface area contributed by atoms with Crippen LogP contribution in [-0.4, -0.2) is 22.1 Å². The minimum absolute atomic E-state index is 0.0606. The zero-order chi connectivity index (χ0) is 23.7. The largest absolute Gasteiger partial charge is 0.463 e. The molecule has 0 N–H and O–H groups in total. The Hall–Kier alpha value is -3.85. The smallest absolute Gasteiger partial charge is 0.338 e. The summed E-state index contributed by atoms with van der Waals surface area (Å²) in [4.78, 5) is 42.0. The van der Waals surface area contributed by atoms with Crippen LogP contribution in [0.3, 0.4) is 0 Å². The molecule has 1 aliphatic rings. The molecule has 1 aromatic heterocycles. The van der Waals surface area contributed by atoms with Crippen LogP contribution in [-0.2, 0) is 9.53 Å². The van der Waals surface area contributed by atoms with Gasteiger partial charge in [0.15, 0.2) is 4.80 Å². The highest BCUT2D eigenvalue weighted by atomic mass is 32.1. The van der Waals surface area contributed by atoms with Crippen molar-refractivity contribution >= 4 is 29.1 Å². The molecule has 0 spiro atoms. The summed E-state index contributed by atoms with van der Waals surface area (Å²) in [6, 6.07) is 13.0. The van der Waals surface area contributed by atoms with Gasteiger partial charge in [-0.2, -0.15) is 0 Å². The van der Waals surface area contributed by atoms with Crippen molar-refractivity contribution in [2.45, 2.75) is 26.8 Å². The fraction of sp³-hybridized carbons (Fsp3) is 0.208. The van der Waals surface area contributed by atoms with Crippen LogP contribution >= 0.6 is 11.3 Å². The molecule has 0 unspecified atom stereocenters. The van der Waals surface area contributed by atoms with Crippen molar-refractivity contribution < 1.29 is 14.5 Å². The fourth-order valence-electron chi connectivity index (χ4n) is 3.74. The number of rotatable bonds is 5. The zero-order valence-corrected chi connectivity index (χ0v) is 19.1. The first-order valence-electron chi connectivity index (χ1n) is 10.3. The van der Waals surface area contributed by atoms with Gasteiger partial charge in [0.05, 0.1) is 33.4 Å². The number of non-ortho nitro benzene ring substituents is 1. The van der Waals surface area contributed by atoms with Crippen molar-refractivity contribution in [2.75, 3.05) is 6.61 Å². The summed E-state index contributed by atoms with van der Waals surface area (Å²) in [6.07, 6.45) is 1.60. The quantitative estimate of drug-likeness (QED) is 0.329. The Kier molecular flexibility index (Phi) is 6.06. The second kappa shape index (κ2) is 8.95. The number of aryl methyl sites for hydroxylation is 1. The Labute approximate surface area is 192 Å². The van der Waals surface area contributed by atoms with E-state index in [4.69, 9.17) is 4.74 Å². The van der Waals surface area contributed by atoms with Crippen molar-refractivity contribution in [3.8, 4) is 0 Å². The molecule has 168 valence electrons. The predicted molar refractivity (Wildman–Crippen MR) is 125 cm³/mol. The molecule has 0 bridgehead atoms. The number of nitro groups is 1. The number of allylic oxidation sites excluding steroid dienone is 1. The molecule has 0 saturated carbocycles. The van der Waals surface area contributed by atoms with Gasteiger partial charge in [0.25, 0.3) is 11.2 Å². The van der Waals surface area contributed by atoms with Crippen molar-refractivity contribution in [3.05, 3.63) is 106 Å². The summed E-state index contributed by atoms with van der Waals surface area (Å²) in [7, 11) is 0. The summed E-state index contributed by atoms with van der Waals surface area (Å²) >= 11 is 1.18. The molecule has 1 atom stereocenters. The van der Waals surface area contributed by atoms with Crippen molar-refractivity contribution in [1.82, 2.24) is 4.57 Å². The monoisotopic (exact) mass is 463 g/mol. The van der Waals surface area contributed by atoms with Gasteiger partial charge in [-0.1, -0.05) is 53.3 Å². The summed E-state index contributed by atoms with van der Waals surface area (Å²) in [6.45, 7) is 5.61. The molecule has 0 radical (unpaired) electrons. The molecule has 0 fully saturated rings. The van der Waals surface area contributed by atoms with E-state index < -0.39 is 16.9 Å². The molecule has 0 amide bonds. The molecule has 0 aliphatic carbocycles. The maximum atomic E-state index is 13.5. The first kappa shape index (κ1) is 22.3.